The molecule has 1 saturated heterocycles. The van der Waals surface area contributed by atoms with E-state index in [1.165, 1.54) is 17.4 Å². The minimum Gasteiger partial charge on any atom is -0.361 e. The fourth-order valence-electron chi connectivity index (χ4n) is 4.66. The number of aromatic nitrogens is 1. The summed E-state index contributed by atoms with van der Waals surface area (Å²) in [4.78, 5) is 30.7. The molecule has 1 aliphatic carbocycles. The molecule has 0 radical (unpaired) electrons. The highest BCUT2D eigenvalue weighted by molar-refractivity contribution is 5.89. The van der Waals surface area contributed by atoms with Crippen molar-refractivity contribution >= 4 is 22.7 Å². The van der Waals surface area contributed by atoms with Crippen LogP contribution >= 0.6 is 0 Å². The summed E-state index contributed by atoms with van der Waals surface area (Å²) < 4.78 is 0. The van der Waals surface area contributed by atoms with E-state index in [0.29, 0.717) is 6.54 Å². The first-order chi connectivity index (χ1) is 13.2. The Morgan fingerprint density at radius 3 is 2.74 bits per heavy atom. The van der Waals surface area contributed by atoms with Crippen LogP contribution in [0.3, 0.4) is 0 Å². The summed E-state index contributed by atoms with van der Waals surface area (Å²) in [5.41, 5.74) is 2.34. The zero-order chi connectivity index (χ0) is 18.6. The van der Waals surface area contributed by atoms with Crippen LogP contribution in [-0.2, 0) is 16.0 Å². The van der Waals surface area contributed by atoms with Crippen molar-refractivity contribution in [3.05, 3.63) is 36.0 Å². The maximum atomic E-state index is 12.9. The Kier molecular flexibility index (Phi) is 5.46. The van der Waals surface area contributed by atoms with Crippen molar-refractivity contribution in [2.75, 3.05) is 13.1 Å². The predicted molar refractivity (Wildman–Crippen MR) is 106 cm³/mol. The van der Waals surface area contributed by atoms with Gasteiger partial charge in [-0.25, -0.2) is 0 Å². The molecule has 0 spiro atoms. The van der Waals surface area contributed by atoms with Crippen molar-refractivity contribution < 1.29 is 9.59 Å². The summed E-state index contributed by atoms with van der Waals surface area (Å²) >= 11 is 0. The number of hydrogen-bond donors (Lipinski definition) is 2. The minimum absolute atomic E-state index is 0.0106. The summed E-state index contributed by atoms with van der Waals surface area (Å²) in [6.07, 6.45) is 10.0. The molecule has 5 nitrogen and oxygen atoms in total. The van der Waals surface area contributed by atoms with Gasteiger partial charge in [-0.15, -0.1) is 0 Å². The molecule has 1 aromatic carbocycles. The molecule has 27 heavy (non-hydrogen) atoms. The summed E-state index contributed by atoms with van der Waals surface area (Å²) in [6, 6.07) is 7.94. The van der Waals surface area contributed by atoms with Gasteiger partial charge in [0, 0.05) is 36.1 Å². The monoisotopic (exact) mass is 367 g/mol. The molecule has 4 rings (SSSR count). The molecule has 1 saturated carbocycles. The zero-order valence-corrected chi connectivity index (χ0v) is 15.9. The van der Waals surface area contributed by atoms with Gasteiger partial charge in [0.05, 0.1) is 0 Å². The second-order valence-corrected chi connectivity index (χ2v) is 7.93. The first kappa shape index (κ1) is 18.1. The van der Waals surface area contributed by atoms with Gasteiger partial charge in [-0.1, -0.05) is 37.5 Å². The van der Waals surface area contributed by atoms with Crippen LogP contribution in [0.1, 0.15) is 50.5 Å². The van der Waals surface area contributed by atoms with Gasteiger partial charge < -0.3 is 15.2 Å². The second kappa shape index (κ2) is 8.15. The number of hydrogen-bond acceptors (Lipinski definition) is 2. The molecular formula is C22H29N3O2. The highest BCUT2D eigenvalue weighted by Gasteiger charge is 2.37. The van der Waals surface area contributed by atoms with Crippen LogP contribution in [0.2, 0.25) is 0 Å². The van der Waals surface area contributed by atoms with Crippen LogP contribution in [0.25, 0.3) is 10.9 Å². The van der Waals surface area contributed by atoms with Crippen LogP contribution < -0.4 is 5.32 Å². The van der Waals surface area contributed by atoms with Gasteiger partial charge in [-0.2, -0.15) is 0 Å². The number of likely N-dealkylation sites (tertiary alicyclic amines) is 1. The zero-order valence-electron chi connectivity index (χ0n) is 15.9. The van der Waals surface area contributed by atoms with Crippen molar-refractivity contribution in [2.45, 2.75) is 57.4 Å². The maximum Gasteiger partial charge on any atom is 0.242 e. The Balaban J connectivity index is 1.32. The maximum absolute atomic E-state index is 12.9. The van der Waals surface area contributed by atoms with Crippen LogP contribution in [0, 0.1) is 5.92 Å². The fourth-order valence-corrected chi connectivity index (χ4v) is 4.66. The topological polar surface area (TPSA) is 65.2 Å². The van der Waals surface area contributed by atoms with E-state index in [1.54, 1.807) is 0 Å². The summed E-state index contributed by atoms with van der Waals surface area (Å²) in [7, 11) is 0. The van der Waals surface area contributed by atoms with Gasteiger partial charge in [0.15, 0.2) is 0 Å². The van der Waals surface area contributed by atoms with Gasteiger partial charge in [0.1, 0.15) is 6.04 Å². The number of benzene rings is 1. The number of rotatable bonds is 5. The molecule has 1 aromatic heterocycles. The van der Waals surface area contributed by atoms with Gasteiger partial charge >= 0.3 is 0 Å². The average Bonchev–Trinajstić information content (AvgIpc) is 3.36. The summed E-state index contributed by atoms with van der Waals surface area (Å²) in [5.74, 6) is 0.360. The SMILES string of the molecule is O=C(NCCc1c[nH]c2ccccc12)[C@H]1CCCN1C(=O)C1CCCCC1. The summed E-state index contributed by atoms with van der Waals surface area (Å²) in [6.45, 7) is 1.33. The van der Waals surface area contributed by atoms with Crippen molar-refractivity contribution in [3.8, 4) is 0 Å². The molecule has 2 amide bonds. The van der Waals surface area contributed by atoms with Crippen molar-refractivity contribution in [2.24, 2.45) is 5.92 Å². The number of aromatic amines is 1. The van der Waals surface area contributed by atoms with Crippen LogP contribution in [0.15, 0.2) is 30.5 Å². The van der Waals surface area contributed by atoms with Gasteiger partial charge in [0.2, 0.25) is 11.8 Å². The van der Waals surface area contributed by atoms with E-state index in [-0.39, 0.29) is 23.8 Å². The molecule has 2 heterocycles. The van der Waals surface area contributed by atoms with E-state index in [9.17, 15) is 9.59 Å². The highest BCUT2D eigenvalue weighted by atomic mass is 16.2. The van der Waals surface area contributed by atoms with E-state index in [4.69, 9.17) is 0 Å². The van der Waals surface area contributed by atoms with Crippen LogP contribution in [-0.4, -0.2) is 40.8 Å². The lowest BCUT2D eigenvalue weighted by atomic mass is 9.88. The predicted octanol–water partition coefficient (Wildman–Crippen LogP) is 3.40. The lowest BCUT2D eigenvalue weighted by molar-refractivity contribution is -0.142. The largest absolute Gasteiger partial charge is 0.361 e. The number of carbonyl (C=O) groups is 2. The molecule has 5 heteroatoms. The normalized spacial score (nSPS) is 20.9. The molecule has 2 N–H and O–H groups in total. The average molecular weight is 367 g/mol. The Hall–Kier alpha value is -2.30. The van der Waals surface area contributed by atoms with Crippen LogP contribution in [0.5, 0.6) is 0 Å². The Labute approximate surface area is 160 Å². The minimum atomic E-state index is -0.276. The van der Waals surface area contributed by atoms with E-state index < -0.39 is 0 Å². The van der Waals surface area contributed by atoms with Crippen molar-refractivity contribution in [1.82, 2.24) is 15.2 Å². The van der Waals surface area contributed by atoms with E-state index in [2.05, 4.69) is 22.4 Å². The molecule has 2 aromatic rings. The molecule has 0 bridgehead atoms. The lowest BCUT2D eigenvalue weighted by Crippen LogP contribution is -2.48. The van der Waals surface area contributed by atoms with Gasteiger partial charge in [-0.05, 0) is 43.7 Å². The Morgan fingerprint density at radius 2 is 1.89 bits per heavy atom. The third kappa shape index (κ3) is 3.87. The molecule has 1 aliphatic heterocycles. The highest BCUT2D eigenvalue weighted by Crippen LogP contribution is 2.28. The molecule has 144 valence electrons. The number of nitrogens with one attached hydrogen (secondary N) is 2. The number of H-pyrrole nitrogens is 1. The van der Waals surface area contributed by atoms with E-state index in [0.717, 1.165) is 57.0 Å². The van der Waals surface area contributed by atoms with Crippen molar-refractivity contribution in [3.63, 3.8) is 0 Å². The third-order valence-electron chi connectivity index (χ3n) is 6.16. The Morgan fingerprint density at radius 1 is 1.07 bits per heavy atom. The molecule has 2 fully saturated rings. The summed E-state index contributed by atoms with van der Waals surface area (Å²) in [5, 5.41) is 4.28. The first-order valence-electron chi connectivity index (χ1n) is 10.4. The molecular weight excluding hydrogens is 338 g/mol. The molecule has 1 atom stereocenters. The van der Waals surface area contributed by atoms with Gasteiger partial charge in [0.25, 0.3) is 0 Å². The van der Waals surface area contributed by atoms with E-state index >= 15 is 0 Å². The third-order valence-corrected chi connectivity index (χ3v) is 6.16. The molecule has 0 unspecified atom stereocenters. The number of nitrogens with zero attached hydrogens (tertiary/aromatic N) is 1. The standard InChI is InChI=1S/C22H29N3O2/c26-21(23-13-12-17-15-24-19-10-5-4-9-18(17)19)20-11-6-14-25(20)22(27)16-7-2-1-3-8-16/h4-5,9-10,15-16,20,24H,1-3,6-8,11-14H2,(H,23,26)/t20-/m1/s1. The van der Waals surface area contributed by atoms with Crippen LogP contribution in [0.4, 0.5) is 0 Å². The number of para-hydroxylation sites is 1. The van der Waals surface area contributed by atoms with Gasteiger partial charge in [-0.3, -0.25) is 9.59 Å². The lowest BCUT2D eigenvalue weighted by Gasteiger charge is -2.30. The first-order valence-corrected chi connectivity index (χ1v) is 10.4. The smallest absolute Gasteiger partial charge is 0.242 e. The fraction of sp³-hybridized carbons (Fsp3) is 0.545. The number of fused-ring (bicyclic) bond motifs is 1. The number of amides is 2. The second-order valence-electron chi connectivity index (χ2n) is 7.93. The van der Waals surface area contributed by atoms with E-state index in [1.807, 2.05) is 23.2 Å². The molecule has 2 aliphatic rings. The van der Waals surface area contributed by atoms with Crippen molar-refractivity contribution in [1.29, 1.82) is 0 Å². The quantitative estimate of drug-likeness (QED) is 0.851. The Bertz CT molecular complexity index is 807. The number of carbonyl (C=O) groups excluding carboxylic acids is 2.